The van der Waals surface area contributed by atoms with Crippen molar-refractivity contribution in [3.05, 3.63) is 60.9 Å². The number of aromatic nitrogens is 4. The summed E-state index contributed by atoms with van der Waals surface area (Å²) in [4.78, 5) is 7.53. The number of H-pyrrole nitrogens is 1. The molecule has 1 aromatic carbocycles. The summed E-state index contributed by atoms with van der Waals surface area (Å²) >= 11 is 0. The minimum atomic E-state index is -0.241. The summed E-state index contributed by atoms with van der Waals surface area (Å²) in [5.41, 5.74) is 4.06. The topological polar surface area (TPSA) is 46.5 Å². The molecule has 3 aromatic heterocycles. The first-order valence-electron chi connectivity index (χ1n) is 6.93. The van der Waals surface area contributed by atoms with Crippen LogP contribution in [0.25, 0.3) is 33.3 Å². The number of hydrogen-bond donors (Lipinski definition) is 1. The van der Waals surface area contributed by atoms with Crippen molar-refractivity contribution >= 4 is 11.0 Å². The highest BCUT2D eigenvalue weighted by molar-refractivity contribution is 5.95. The van der Waals surface area contributed by atoms with Gasteiger partial charge in [-0.2, -0.15) is 5.10 Å². The van der Waals surface area contributed by atoms with Crippen LogP contribution < -0.4 is 0 Å². The van der Waals surface area contributed by atoms with Crippen molar-refractivity contribution in [3.63, 3.8) is 0 Å². The largest absolute Gasteiger partial charge is 0.346 e. The van der Waals surface area contributed by atoms with Crippen molar-refractivity contribution in [1.82, 2.24) is 19.7 Å². The molecule has 0 aliphatic heterocycles. The van der Waals surface area contributed by atoms with Crippen molar-refractivity contribution in [2.24, 2.45) is 7.05 Å². The van der Waals surface area contributed by atoms with E-state index in [0.29, 0.717) is 5.56 Å². The second kappa shape index (κ2) is 4.80. The Morgan fingerprint density at radius 2 is 1.95 bits per heavy atom. The van der Waals surface area contributed by atoms with Gasteiger partial charge in [0.25, 0.3) is 0 Å². The van der Waals surface area contributed by atoms with E-state index >= 15 is 0 Å². The van der Waals surface area contributed by atoms with Gasteiger partial charge in [-0.15, -0.1) is 0 Å². The second-order valence-corrected chi connectivity index (χ2v) is 5.21. The van der Waals surface area contributed by atoms with Gasteiger partial charge in [-0.25, -0.2) is 9.37 Å². The third-order valence-electron chi connectivity index (χ3n) is 3.73. The van der Waals surface area contributed by atoms with Gasteiger partial charge in [-0.05, 0) is 12.1 Å². The normalized spacial score (nSPS) is 11.2. The van der Waals surface area contributed by atoms with Crippen molar-refractivity contribution in [2.75, 3.05) is 0 Å². The van der Waals surface area contributed by atoms with Gasteiger partial charge in [0, 0.05) is 53.3 Å². The van der Waals surface area contributed by atoms with Crippen LogP contribution in [0.1, 0.15) is 0 Å². The third-order valence-corrected chi connectivity index (χ3v) is 3.73. The molecule has 108 valence electrons. The first kappa shape index (κ1) is 12.8. The van der Waals surface area contributed by atoms with Crippen molar-refractivity contribution in [2.45, 2.75) is 0 Å². The Bertz CT molecular complexity index is 968. The van der Waals surface area contributed by atoms with Crippen molar-refractivity contribution < 1.29 is 4.39 Å². The average Bonchev–Trinajstić information content (AvgIpc) is 3.13. The summed E-state index contributed by atoms with van der Waals surface area (Å²) in [6, 6.07) is 8.77. The molecule has 0 saturated heterocycles. The maximum atomic E-state index is 14.1. The minimum absolute atomic E-state index is 0.241. The van der Waals surface area contributed by atoms with E-state index in [1.54, 1.807) is 35.4 Å². The Morgan fingerprint density at radius 3 is 2.73 bits per heavy atom. The maximum absolute atomic E-state index is 14.1. The van der Waals surface area contributed by atoms with Crippen LogP contribution in [0.15, 0.2) is 55.1 Å². The van der Waals surface area contributed by atoms with Crippen LogP contribution in [0.3, 0.4) is 0 Å². The lowest BCUT2D eigenvalue weighted by Gasteiger charge is -2.02. The predicted molar refractivity (Wildman–Crippen MR) is 83.7 cm³/mol. The molecule has 0 bridgehead atoms. The van der Waals surface area contributed by atoms with E-state index in [0.717, 1.165) is 27.7 Å². The zero-order valence-electron chi connectivity index (χ0n) is 11.9. The molecule has 0 fully saturated rings. The Hall–Kier alpha value is -2.95. The van der Waals surface area contributed by atoms with E-state index in [1.807, 2.05) is 25.4 Å². The van der Waals surface area contributed by atoms with E-state index < -0.39 is 0 Å². The van der Waals surface area contributed by atoms with Crippen molar-refractivity contribution in [1.29, 1.82) is 0 Å². The van der Waals surface area contributed by atoms with Crippen LogP contribution in [-0.2, 0) is 7.05 Å². The highest BCUT2D eigenvalue weighted by atomic mass is 19.1. The molecule has 0 atom stereocenters. The number of aromatic amines is 1. The lowest BCUT2D eigenvalue weighted by Crippen LogP contribution is -1.85. The summed E-state index contributed by atoms with van der Waals surface area (Å²) in [6.07, 6.45) is 7.31. The quantitative estimate of drug-likeness (QED) is 0.611. The molecule has 4 rings (SSSR count). The Balaban J connectivity index is 1.92. The number of pyridine rings is 1. The number of benzene rings is 1. The molecule has 4 nitrogen and oxygen atoms in total. The van der Waals surface area contributed by atoms with Gasteiger partial charge in [-0.1, -0.05) is 18.2 Å². The fraction of sp³-hybridized carbons (Fsp3) is 0.0588. The van der Waals surface area contributed by atoms with Gasteiger partial charge >= 0.3 is 0 Å². The molecule has 22 heavy (non-hydrogen) atoms. The van der Waals surface area contributed by atoms with E-state index in [2.05, 4.69) is 15.1 Å². The minimum Gasteiger partial charge on any atom is -0.346 e. The van der Waals surface area contributed by atoms with E-state index in [9.17, 15) is 4.39 Å². The molecular formula is C17H13FN4. The van der Waals surface area contributed by atoms with Crippen LogP contribution in [0.5, 0.6) is 0 Å². The predicted octanol–water partition coefficient (Wildman–Crippen LogP) is 3.77. The first-order chi connectivity index (χ1) is 10.7. The number of hydrogen-bond acceptors (Lipinski definition) is 2. The summed E-state index contributed by atoms with van der Waals surface area (Å²) < 4.78 is 15.8. The van der Waals surface area contributed by atoms with E-state index in [1.165, 1.54) is 6.07 Å². The molecule has 3 heterocycles. The molecule has 1 N–H and O–H groups in total. The van der Waals surface area contributed by atoms with Gasteiger partial charge in [0.1, 0.15) is 11.5 Å². The number of nitrogens with zero attached hydrogens (tertiary/aromatic N) is 3. The standard InChI is InChI=1S/C17H13FN4/c1-22-10-12(8-21-22)11-6-14-15(9-20-17(14)19-7-11)13-4-2-3-5-16(13)18/h2-10H,1H3,(H,19,20). The molecular weight excluding hydrogens is 279 g/mol. The molecule has 0 saturated carbocycles. The molecule has 0 aliphatic rings. The molecule has 4 aromatic rings. The molecule has 0 amide bonds. The fourth-order valence-corrected chi connectivity index (χ4v) is 2.63. The SMILES string of the molecule is Cn1cc(-c2cnc3[nH]cc(-c4ccccc4F)c3c2)cn1. The number of fused-ring (bicyclic) bond motifs is 1. The summed E-state index contributed by atoms with van der Waals surface area (Å²) in [5.74, 6) is -0.241. The van der Waals surface area contributed by atoms with Crippen LogP contribution >= 0.6 is 0 Å². The van der Waals surface area contributed by atoms with Gasteiger partial charge in [0.05, 0.1) is 6.20 Å². The van der Waals surface area contributed by atoms with Crippen LogP contribution in [0, 0.1) is 5.82 Å². The lowest BCUT2D eigenvalue weighted by atomic mass is 10.0. The van der Waals surface area contributed by atoms with Gasteiger partial charge < -0.3 is 4.98 Å². The van der Waals surface area contributed by atoms with Crippen LogP contribution in [-0.4, -0.2) is 19.7 Å². The monoisotopic (exact) mass is 292 g/mol. The highest BCUT2D eigenvalue weighted by Crippen LogP contribution is 2.32. The zero-order valence-corrected chi connectivity index (χ0v) is 11.9. The second-order valence-electron chi connectivity index (χ2n) is 5.21. The Labute approximate surface area is 126 Å². The van der Waals surface area contributed by atoms with Crippen LogP contribution in [0.2, 0.25) is 0 Å². The van der Waals surface area contributed by atoms with Gasteiger partial charge in [0.2, 0.25) is 0 Å². The molecule has 0 spiro atoms. The number of aryl methyl sites for hydroxylation is 1. The summed E-state index contributed by atoms with van der Waals surface area (Å²) in [5, 5.41) is 5.07. The van der Waals surface area contributed by atoms with Crippen molar-refractivity contribution in [3.8, 4) is 22.3 Å². The Kier molecular flexibility index (Phi) is 2.79. The molecule has 0 unspecified atom stereocenters. The van der Waals surface area contributed by atoms with E-state index in [-0.39, 0.29) is 5.82 Å². The zero-order chi connectivity index (χ0) is 15.1. The highest BCUT2D eigenvalue weighted by Gasteiger charge is 2.12. The summed E-state index contributed by atoms with van der Waals surface area (Å²) in [7, 11) is 1.87. The molecule has 5 heteroatoms. The maximum Gasteiger partial charge on any atom is 0.137 e. The number of rotatable bonds is 2. The van der Waals surface area contributed by atoms with E-state index in [4.69, 9.17) is 0 Å². The van der Waals surface area contributed by atoms with Gasteiger partial charge in [-0.3, -0.25) is 4.68 Å². The fourth-order valence-electron chi connectivity index (χ4n) is 2.63. The average molecular weight is 292 g/mol. The molecule has 0 radical (unpaired) electrons. The smallest absolute Gasteiger partial charge is 0.137 e. The molecule has 0 aliphatic carbocycles. The summed E-state index contributed by atoms with van der Waals surface area (Å²) in [6.45, 7) is 0. The number of nitrogens with one attached hydrogen (secondary N) is 1. The third kappa shape index (κ3) is 1.98. The van der Waals surface area contributed by atoms with Gasteiger partial charge in [0.15, 0.2) is 0 Å². The first-order valence-corrected chi connectivity index (χ1v) is 6.93. The number of halogens is 1. The lowest BCUT2D eigenvalue weighted by molar-refractivity contribution is 0.631. The Morgan fingerprint density at radius 1 is 1.09 bits per heavy atom. The van der Waals surface area contributed by atoms with Crippen LogP contribution in [0.4, 0.5) is 4.39 Å².